The molecule has 1 aromatic heterocycles. The molecule has 0 aliphatic heterocycles. The van der Waals surface area contributed by atoms with Gasteiger partial charge in [-0.2, -0.15) is 0 Å². The fraction of sp³-hybridized carbons (Fsp3) is 0.200. The van der Waals surface area contributed by atoms with E-state index in [1.807, 2.05) is 0 Å². The molecule has 0 bridgehead atoms. The number of hydrogen-bond acceptors (Lipinski definition) is 4. The first-order valence-electron chi connectivity index (χ1n) is 6.53. The zero-order valence-corrected chi connectivity index (χ0v) is 14.2. The van der Waals surface area contributed by atoms with E-state index < -0.39 is 18.5 Å². The quantitative estimate of drug-likeness (QED) is 0.625. The van der Waals surface area contributed by atoms with E-state index in [-0.39, 0.29) is 26.7 Å². The van der Waals surface area contributed by atoms with Crippen LogP contribution in [0.3, 0.4) is 0 Å². The second-order valence-electron chi connectivity index (χ2n) is 4.60. The molecule has 0 aliphatic rings. The minimum Gasteiger partial charge on any atom is -0.467 e. The smallest absolute Gasteiger partial charge is 0.341 e. The Morgan fingerprint density at radius 3 is 2.57 bits per heavy atom. The van der Waals surface area contributed by atoms with Crippen molar-refractivity contribution < 1.29 is 18.7 Å². The standard InChI is InChI=1S/C15H12Cl3NO4/c1-8(11-3-2-6-22-11)19-12(20)7-23-15(21)13-9(16)4-5-10(17)14(13)18/h2-6,8H,7H2,1H3,(H,19,20)/t8-/m0/s1. The zero-order chi connectivity index (χ0) is 17.0. The maximum atomic E-state index is 12.0. The minimum absolute atomic E-state index is 0.0199. The lowest BCUT2D eigenvalue weighted by Gasteiger charge is -2.12. The Kier molecular flexibility index (Phi) is 5.93. The first-order chi connectivity index (χ1) is 10.9. The van der Waals surface area contributed by atoms with Gasteiger partial charge in [-0.25, -0.2) is 4.79 Å². The van der Waals surface area contributed by atoms with E-state index in [0.29, 0.717) is 5.76 Å². The van der Waals surface area contributed by atoms with E-state index in [2.05, 4.69) is 5.32 Å². The molecule has 1 heterocycles. The molecule has 122 valence electrons. The summed E-state index contributed by atoms with van der Waals surface area (Å²) in [5, 5.41) is 2.86. The summed E-state index contributed by atoms with van der Waals surface area (Å²) in [6.45, 7) is 1.26. The zero-order valence-electron chi connectivity index (χ0n) is 11.9. The molecule has 2 rings (SSSR count). The number of ether oxygens (including phenoxy) is 1. The maximum Gasteiger partial charge on any atom is 0.341 e. The second kappa shape index (κ2) is 7.73. The Bertz CT molecular complexity index is 716. The predicted octanol–water partition coefficient (Wildman–Crippen LogP) is 4.27. The third-order valence-corrected chi connectivity index (χ3v) is 4.05. The van der Waals surface area contributed by atoms with Crippen molar-refractivity contribution in [2.45, 2.75) is 13.0 Å². The average molecular weight is 377 g/mol. The lowest BCUT2D eigenvalue weighted by molar-refractivity contribution is -0.125. The Balaban J connectivity index is 1.94. The number of furan rings is 1. The number of nitrogens with one attached hydrogen (secondary N) is 1. The molecule has 8 heteroatoms. The molecule has 0 fully saturated rings. The molecule has 2 aromatic rings. The van der Waals surface area contributed by atoms with Crippen LogP contribution in [0.2, 0.25) is 15.1 Å². The molecule has 5 nitrogen and oxygen atoms in total. The van der Waals surface area contributed by atoms with Gasteiger partial charge in [0.1, 0.15) is 5.76 Å². The highest BCUT2D eigenvalue weighted by atomic mass is 35.5. The molecule has 1 amide bonds. The number of rotatable bonds is 5. The van der Waals surface area contributed by atoms with E-state index in [9.17, 15) is 9.59 Å². The molecular weight excluding hydrogens is 365 g/mol. The van der Waals surface area contributed by atoms with Gasteiger partial charge in [-0.05, 0) is 31.2 Å². The van der Waals surface area contributed by atoms with Gasteiger partial charge in [0.05, 0.1) is 32.9 Å². The lowest BCUT2D eigenvalue weighted by atomic mass is 10.2. The van der Waals surface area contributed by atoms with E-state index in [1.54, 1.807) is 19.1 Å². The van der Waals surface area contributed by atoms with Gasteiger partial charge >= 0.3 is 5.97 Å². The van der Waals surface area contributed by atoms with Gasteiger partial charge in [0.2, 0.25) is 0 Å². The summed E-state index contributed by atoms with van der Waals surface area (Å²) in [4.78, 5) is 23.8. The van der Waals surface area contributed by atoms with Gasteiger partial charge < -0.3 is 14.5 Å². The van der Waals surface area contributed by atoms with Gasteiger partial charge in [0.15, 0.2) is 6.61 Å². The van der Waals surface area contributed by atoms with Crippen LogP contribution in [0.25, 0.3) is 0 Å². The summed E-state index contributed by atoms with van der Waals surface area (Å²) in [5.74, 6) is -0.731. The van der Waals surface area contributed by atoms with Crippen LogP contribution in [-0.2, 0) is 9.53 Å². The topological polar surface area (TPSA) is 68.5 Å². The van der Waals surface area contributed by atoms with Crippen molar-refractivity contribution in [1.82, 2.24) is 5.32 Å². The van der Waals surface area contributed by atoms with Crippen LogP contribution >= 0.6 is 34.8 Å². The minimum atomic E-state index is -0.830. The van der Waals surface area contributed by atoms with Crippen LogP contribution in [0.5, 0.6) is 0 Å². The van der Waals surface area contributed by atoms with Crippen molar-refractivity contribution in [2.24, 2.45) is 0 Å². The van der Waals surface area contributed by atoms with Gasteiger partial charge in [-0.15, -0.1) is 0 Å². The molecular formula is C15H12Cl3NO4. The Morgan fingerprint density at radius 2 is 1.91 bits per heavy atom. The number of halogens is 3. The number of carbonyl (C=O) groups is 2. The SMILES string of the molecule is C[C@H](NC(=O)COC(=O)c1c(Cl)ccc(Cl)c1Cl)c1ccco1. The van der Waals surface area contributed by atoms with Gasteiger partial charge in [-0.3, -0.25) is 4.79 Å². The number of esters is 1. The Hall–Kier alpha value is -1.69. The van der Waals surface area contributed by atoms with Crippen molar-refractivity contribution in [3.05, 3.63) is 56.9 Å². The van der Waals surface area contributed by atoms with Crippen LogP contribution in [0.1, 0.15) is 29.1 Å². The molecule has 0 unspecified atom stereocenters. The van der Waals surface area contributed by atoms with E-state index in [0.717, 1.165) is 0 Å². The summed E-state index contributed by atoms with van der Waals surface area (Å²) in [6, 6.07) is 5.96. The molecule has 0 spiro atoms. The van der Waals surface area contributed by atoms with E-state index in [1.165, 1.54) is 18.4 Å². The number of benzene rings is 1. The molecule has 1 atom stereocenters. The van der Waals surface area contributed by atoms with Crippen LogP contribution in [-0.4, -0.2) is 18.5 Å². The van der Waals surface area contributed by atoms with Crippen LogP contribution in [0.15, 0.2) is 34.9 Å². The fourth-order valence-corrected chi connectivity index (χ4v) is 2.49. The van der Waals surface area contributed by atoms with Crippen molar-refractivity contribution in [2.75, 3.05) is 6.61 Å². The number of hydrogen-bond donors (Lipinski definition) is 1. The highest BCUT2D eigenvalue weighted by molar-refractivity contribution is 6.46. The van der Waals surface area contributed by atoms with Crippen molar-refractivity contribution in [3.63, 3.8) is 0 Å². The third kappa shape index (κ3) is 4.41. The first-order valence-corrected chi connectivity index (χ1v) is 7.67. The van der Waals surface area contributed by atoms with Crippen molar-refractivity contribution >= 4 is 46.7 Å². The highest BCUT2D eigenvalue weighted by Gasteiger charge is 2.20. The number of amides is 1. The number of carbonyl (C=O) groups excluding carboxylic acids is 2. The second-order valence-corrected chi connectivity index (χ2v) is 5.79. The van der Waals surface area contributed by atoms with Crippen LogP contribution < -0.4 is 5.32 Å². The van der Waals surface area contributed by atoms with Crippen molar-refractivity contribution in [1.29, 1.82) is 0 Å². The van der Waals surface area contributed by atoms with Crippen LogP contribution in [0, 0.1) is 0 Å². The highest BCUT2D eigenvalue weighted by Crippen LogP contribution is 2.31. The van der Waals surface area contributed by atoms with E-state index >= 15 is 0 Å². The van der Waals surface area contributed by atoms with Crippen LogP contribution in [0.4, 0.5) is 0 Å². The maximum absolute atomic E-state index is 12.0. The molecule has 1 N–H and O–H groups in total. The molecule has 0 saturated heterocycles. The largest absolute Gasteiger partial charge is 0.467 e. The normalized spacial score (nSPS) is 11.8. The fourth-order valence-electron chi connectivity index (χ4n) is 1.81. The van der Waals surface area contributed by atoms with Gasteiger partial charge in [0, 0.05) is 0 Å². The summed E-state index contributed by atoms with van der Waals surface area (Å²) in [6.07, 6.45) is 1.50. The molecule has 23 heavy (non-hydrogen) atoms. The summed E-state index contributed by atoms with van der Waals surface area (Å²) in [7, 11) is 0. The molecule has 0 radical (unpaired) electrons. The average Bonchev–Trinajstić information content (AvgIpc) is 3.04. The van der Waals surface area contributed by atoms with Gasteiger partial charge in [-0.1, -0.05) is 34.8 Å². The lowest BCUT2D eigenvalue weighted by Crippen LogP contribution is -2.31. The first kappa shape index (κ1) is 17.7. The predicted molar refractivity (Wildman–Crippen MR) is 87.0 cm³/mol. The molecule has 0 saturated carbocycles. The summed E-state index contributed by atoms with van der Waals surface area (Å²) in [5.41, 5.74) is -0.0762. The van der Waals surface area contributed by atoms with Crippen molar-refractivity contribution in [3.8, 4) is 0 Å². The third-order valence-electron chi connectivity index (χ3n) is 2.93. The summed E-state index contributed by atoms with van der Waals surface area (Å²) >= 11 is 17.7. The van der Waals surface area contributed by atoms with E-state index in [4.69, 9.17) is 44.0 Å². The molecule has 0 aliphatic carbocycles. The Labute approximate surface area is 147 Å². The summed E-state index contributed by atoms with van der Waals surface area (Å²) < 4.78 is 10.1. The Morgan fingerprint density at radius 1 is 1.22 bits per heavy atom. The monoisotopic (exact) mass is 375 g/mol. The van der Waals surface area contributed by atoms with Gasteiger partial charge in [0.25, 0.3) is 5.91 Å². The molecule has 1 aromatic carbocycles.